The van der Waals surface area contributed by atoms with Crippen LogP contribution in [0.3, 0.4) is 0 Å². The third-order valence-electron chi connectivity index (χ3n) is 4.28. The second kappa shape index (κ2) is 7.57. The summed E-state index contributed by atoms with van der Waals surface area (Å²) in [6.07, 6.45) is 0.573. The van der Waals surface area contributed by atoms with Gasteiger partial charge in [0, 0.05) is 38.5 Å². The highest BCUT2D eigenvalue weighted by atomic mass is 16.5. The van der Waals surface area contributed by atoms with E-state index in [2.05, 4.69) is 10.2 Å². The molecule has 1 aromatic carbocycles. The van der Waals surface area contributed by atoms with E-state index in [4.69, 9.17) is 9.47 Å². The molecule has 23 heavy (non-hydrogen) atoms. The van der Waals surface area contributed by atoms with Crippen LogP contribution in [0.4, 0.5) is 0 Å². The minimum Gasteiger partial charge on any atom is -0.426 e. The molecule has 1 fully saturated rings. The Balaban J connectivity index is 1.49. The van der Waals surface area contributed by atoms with Crippen molar-refractivity contribution in [1.82, 2.24) is 10.2 Å². The Morgan fingerprint density at radius 1 is 1.26 bits per heavy atom. The van der Waals surface area contributed by atoms with Crippen LogP contribution < -0.4 is 10.1 Å². The summed E-state index contributed by atoms with van der Waals surface area (Å²) >= 11 is 0. The van der Waals surface area contributed by atoms with Gasteiger partial charge in [-0.25, -0.2) is 0 Å². The molecule has 124 valence electrons. The Kier molecular flexibility index (Phi) is 5.25. The average Bonchev–Trinajstić information content (AvgIpc) is 2.55. The molecular weight excluding hydrogens is 296 g/mol. The third kappa shape index (κ3) is 4.30. The summed E-state index contributed by atoms with van der Waals surface area (Å²) in [6.45, 7) is 4.80. The Labute approximate surface area is 135 Å². The minimum atomic E-state index is -0.269. The molecule has 0 radical (unpaired) electrons. The fraction of sp³-hybridized carbons (Fsp3) is 0.529. The monoisotopic (exact) mass is 318 g/mol. The van der Waals surface area contributed by atoms with Crippen LogP contribution in [0.15, 0.2) is 24.3 Å². The summed E-state index contributed by atoms with van der Waals surface area (Å²) in [5.74, 6) is 0.188. The maximum atomic E-state index is 12.2. The van der Waals surface area contributed by atoms with Gasteiger partial charge in [-0.2, -0.15) is 0 Å². The van der Waals surface area contributed by atoms with Crippen molar-refractivity contribution in [3.05, 3.63) is 29.8 Å². The number of morpholine rings is 1. The first-order chi connectivity index (χ1) is 11.2. The number of para-hydroxylation sites is 1. The normalized spacial score (nSPS) is 21.4. The van der Waals surface area contributed by atoms with Crippen molar-refractivity contribution in [3.63, 3.8) is 0 Å². The number of amides is 1. The zero-order valence-corrected chi connectivity index (χ0v) is 13.1. The second-order valence-corrected chi connectivity index (χ2v) is 5.92. The SMILES string of the molecule is O=C(C[C@@H]1CC(=O)Oc2ccccc21)NCCN1CCOCC1. The maximum absolute atomic E-state index is 12.2. The summed E-state index contributed by atoms with van der Waals surface area (Å²) in [7, 11) is 0. The number of nitrogens with one attached hydrogen (secondary N) is 1. The van der Waals surface area contributed by atoms with E-state index in [0.29, 0.717) is 18.7 Å². The smallest absolute Gasteiger partial charge is 0.311 e. The van der Waals surface area contributed by atoms with E-state index in [1.54, 1.807) is 6.07 Å². The van der Waals surface area contributed by atoms with Crippen LogP contribution in [0.2, 0.25) is 0 Å². The zero-order valence-electron chi connectivity index (χ0n) is 13.1. The van der Waals surface area contributed by atoms with E-state index in [1.807, 2.05) is 18.2 Å². The highest BCUT2D eigenvalue weighted by Crippen LogP contribution is 2.35. The molecule has 1 atom stereocenters. The van der Waals surface area contributed by atoms with E-state index in [9.17, 15) is 9.59 Å². The van der Waals surface area contributed by atoms with Gasteiger partial charge in [0.2, 0.25) is 5.91 Å². The lowest BCUT2D eigenvalue weighted by Crippen LogP contribution is -2.41. The zero-order chi connectivity index (χ0) is 16.1. The lowest BCUT2D eigenvalue weighted by molar-refractivity contribution is -0.136. The highest BCUT2D eigenvalue weighted by molar-refractivity contribution is 5.81. The van der Waals surface area contributed by atoms with E-state index in [-0.39, 0.29) is 24.2 Å². The first kappa shape index (κ1) is 16.0. The van der Waals surface area contributed by atoms with Crippen molar-refractivity contribution < 1.29 is 19.1 Å². The Morgan fingerprint density at radius 2 is 2.04 bits per heavy atom. The van der Waals surface area contributed by atoms with Gasteiger partial charge in [0.05, 0.1) is 19.6 Å². The number of hydrogen-bond donors (Lipinski definition) is 1. The van der Waals surface area contributed by atoms with Crippen LogP contribution in [-0.2, 0) is 14.3 Å². The predicted molar refractivity (Wildman–Crippen MR) is 84.3 cm³/mol. The van der Waals surface area contributed by atoms with Gasteiger partial charge >= 0.3 is 5.97 Å². The molecule has 0 saturated carbocycles. The molecule has 1 amide bonds. The molecule has 0 aliphatic carbocycles. The van der Waals surface area contributed by atoms with E-state index < -0.39 is 0 Å². The standard InChI is InChI=1S/C17H22N2O4/c20-16(18-5-6-19-7-9-22-10-8-19)11-13-12-17(21)23-15-4-2-1-3-14(13)15/h1-4,13H,5-12H2,(H,18,20)/t13-/m1/s1. The third-order valence-corrected chi connectivity index (χ3v) is 4.28. The number of ether oxygens (including phenoxy) is 2. The van der Waals surface area contributed by atoms with Crippen molar-refractivity contribution in [2.24, 2.45) is 0 Å². The summed E-state index contributed by atoms with van der Waals surface area (Å²) in [4.78, 5) is 26.1. The molecule has 6 heteroatoms. The van der Waals surface area contributed by atoms with Gasteiger partial charge in [-0.1, -0.05) is 18.2 Å². The molecule has 6 nitrogen and oxygen atoms in total. The summed E-state index contributed by atoms with van der Waals surface area (Å²) in [5.41, 5.74) is 0.940. The van der Waals surface area contributed by atoms with E-state index in [0.717, 1.165) is 38.4 Å². The number of rotatable bonds is 5. The van der Waals surface area contributed by atoms with Gasteiger partial charge in [0.25, 0.3) is 0 Å². The van der Waals surface area contributed by atoms with Crippen molar-refractivity contribution in [2.45, 2.75) is 18.8 Å². The topological polar surface area (TPSA) is 67.9 Å². The largest absolute Gasteiger partial charge is 0.426 e. The van der Waals surface area contributed by atoms with Crippen LogP contribution in [0.25, 0.3) is 0 Å². The molecule has 3 rings (SSSR count). The number of hydrogen-bond acceptors (Lipinski definition) is 5. The highest BCUT2D eigenvalue weighted by Gasteiger charge is 2.28. The van der Waals surface area contributed by atoms with Gasteiger partial charge in [0.1, 0.15) is 5.75 Å². The fourth-order valence-electron chi connectivity index (χ4n) is 3.04. The van der Waals surface area contributed by atoms with Crippen molar-refractivity contribution in [1.29, 1.82) is 0 Å². The van der Waals surface area contributed by atoms with Gasteiger partial charge in [-0.3, -0.25) is 14.5 Å². The quantitative estimate of drug-likeness (QED) is 0.646. The summed E-state index contributed by atoms with van der Waals surface area (Å²) in [5, 5.41) is 2.95. The van der Waals surface area contributed by atoms with Crippen LogP contribution in [0, 0.1) is 0 Å². The van der Waals surface area contributed by atoms with Crippen LogP contribution in [-0.4, -0.2) is 56.2 Å². The maximum Gasteiger partial charge on any atom is 0.311 e. The van der Waals surface area contributed by atoms with Gasteiger partial charge in [-0.15, -0.1) is 0 Å². The molecule has 0 spiro atoms. The number of benzene rings is 1. The van der Waals surface area contributed by atoms with Crippen molar-refractivity contribution in [3.8, 4) is 5.75 Å². The molecule has 2 heterocycles. The van der Waals surface area contributed by atoms with Gasteiger partial charge < -0.3 is 14.8 Å². The summed E-state index contributed by atoms with van der Waals surface area (Å²) < 4.78 is 10.5. The van der Waals surface area contributed by atoms with E-state index in [1.165, 1.54) is 0 Å². The lowest BCUT2D eigenvalue weighted by Gasteiger charge is -2.27. The number of fused-ring (bicyclic) bond motifs is 1. The molecule has 0 unspecified atom stereocenters. The predicted octanol–water partition coefficient (Wildman–Crippen LogP) is 0.918. The van der Waals surface area contributed by atoms with Gasteiger partial charge in [-0.05, 0) is 11.6 Å². The average molecular weight is 318 g/mol. The molecule has 2 aliphatic rings. The number of esters is 1. The molecule has 0 bridgehead atoms. The number of carbonyl (C=O) groups excluding carboxylic acids is 2. The Morgan fingerprint density at radius 3 is 2.87 bits per heavy atom. The number of carbonyl (C=O) groups is 2. The molecule has 1 saturated heterocycles. The Hall–Kier alpha value is -1.92. The van der Waals surface area contributed by atoms with Crippen molar-refractivity contribution >= 4 is 11.9 Å². The van der Waals surface area contributed by atoms with Crippen molar-refractivity contribution in [2.75, 3.05) is 39.4 Å². The van der Waals surface area contributed by atoms with Gasteiger partial charge in [0.15, 0.2) is 0 Å². The van der Waals surface area contributed by atoms with Crippen LogP contribution in [0.5, 0.6) is 5.75 Å². The lowest BCUT2D eigenvalue weighted by atomic mass is 9.90. The first-order valence-electron chi connectivity index (χ1n) is 8.09. The first-order valence-corrected chi connectivity index (χ1v) is 8.09. The fourth-order valence-corrected chi connectivity index (χ4v) is 3.04. The molecule has 1 aromatic rings. The Bertz CT molecular complexity index is 569. The minimum absolute atomic E-state index is 0.0206. The number of nitrogens with zero attached hydrogens (tertiary/aromatic N) is 1. The van der Waals surface area contributed by atoms with Crippen LogP contribution in [0.1, 0.15) is 24.3 Å². The molecular formula is C17H22N2O4. The van der Waals surface area contributed by atoms with E-state index >= 15 is 0 Å². The second-order valence-electron chi connectivity index (χ2n) is 5.92. The molecule has 2 aliphatic heterocycles. The molecule has 0 aromatic heterocycles. The van der Waals surface area contributed by atoms with Crippen LogP contribution >= 0.6 is 0 Å². The summed E-state index contributed by atoms with van der Waals surface area (Å²) in [6, 6.07) is 7.43. The molecule has 1 N–H and O–H groups in total.